The molecule has 0 radical (unpaired) electrons. The number of piperidine rings is 1. The molecule has 0 unspecified atom stereocenters. The minimum absolute atomic E-state index is 0.00153. The second-order valence-corrected chi connectivity index (χ2v) is 6.24. The summed E-state index contributed by atoms with van der Waals surface area (Å²) in [5, 5.41) is 0. The first kappa shape index (κ1) is 13.1. The van der Waals surface area contributed by atoms with Gasteiger partial charge in [-0.1, -0.05) is 6.07 Å². The number of halogens is 1. The van der Waals surface area contributed by atoms with Crippen LogP contribution < -0.4 is 0 Å². The molecular formula is C13H14FNO2S. The minimum Gasteiger partial charge on any atom is -0.207 e. The SMILES string of the molecule is C#CC1CCN(S(=O)(=O)c2cccc(F)c2)CC1. The van der Waals surface area contributed by atoms with E-state index in [1.54, 1.807) is 0 Å². The van der Waals surface area contributed by atoms with Crippen LogP contribution in [0.3, 0.4) is 0 Å². The van der Waals surface area contributed by atoms with Crippen molar-refractivity contribution in [2.45, 2.75) is 17.7 Å². The average Bonchev–Trinajstić information content (AvgIpc) is 2.39. The maximum Gasteiger partial charge on any atom is 0.243 e. The molecule has 0 saturated carbocycles. The molecule has 96 valence electrons. The van der Waals surface area contributed by atoms with Crippen molar-refractivity contribution in [2.75, 3.05) is 13.1 Å². The van der Waals surface area contributed by atoms with Crippen molar-refractivity contribution in [1.82, 2.24) is 4.31 Å². The second-order valence-electron chi connectivity index (χ2n) is 4.30. The normalized spacial score (nSPS) is 18.4. The van der Waals surface area contributed by atoms with Gasteiger partial charge in [0.05, 0.1) is 4.90 Å². The molecular weight excluding hydrogens is 253 g/mol. The molecule has 1 aliphatic heterocycles. The van der Waals surface area contributed by atoms with Gasteiger partial charge in [-0.05, 0) is 31.0 Å². The van der Waals surface area contributed by atoms with Gasteiger partial charge in [0, 0.05) is 19.0 Å². The highest BCUT2D eigenvalue weighted by molar-refractivity contribution is 7.89. The topological polar surface area (TPSA) is 37.4 Å². The van der Waals surface area contributed by atoms with Crippen LogP contribution in [0.2, 0.25) is 0 Å². The maximum atomic E-state index is 13.1. The smallest absolute Gasteiger partial charge is 0.207 e. The number of sulfonamides is 1. The van der Waals surface area contributed by atoms with Crippen LogP contribution in [0.4, 0.5) is 4.39 Å². The van der Waals surface area contributed by atoms with E-state index >= 15 is 0 Å². The minimum atomic E-state index is -3.59. The molecule has 0 aliphatic carbocycles. The van der Waals surface area contributed by atoms with Crippen LogP contribution in [0, 0.1) is 24.1 Å². The van der Waals surface area contributed by atoms with Crippen molar-refractivity contribution in [2.24, 2.45) is 5.92 Å². The van der Waals surface area contributed by atoms with Gasteiger partial charge in [-0.25, -0.2) is 12.8 Å². The van der Waals surface area contributed by atoms with E-state index < -0.39 is 15.8 Å². The molecule has 18 heavy (non-hydrogen) atoms. The molecule has 1 aliphatic rings. The molecule has 1 heterocycles. The lowest BCUT2D eigenvalue weighted by molar-refractivity contribution is 0.311. The Morgan fingerprint density at radius 3 is 2.56 bits per heavy atom. The summed E-state index contributed by atoms with van der Waals surface area (Å²) in [7, 11) is -3.59. The predicted octanol–water partition coefficient (Wildman–Crippen LogP) is 1.86. The van der Waals surface area contributed by atoms with Crippen LogP contribution in [0.5, 0.6) is 0 Å². The van der Waals surface area contributed by atoms with Gasteiger partial charge in [-0.2, -0.15) is 4.31 Å². The Morgan fingerprint density at radius 2 is 2.00 bits per heavy atom. The van der Waals surface area contributed by atoms with Crippen LogP contribution in [-0.4, -0.2) is 25.8 Å². The summed E-state index contributed by atoms with van der Waals surface area (Å²) >= 11 is 0. The van der Waals surface area contributed by atoms with Gasteiger partial charge in [0.1, 0.15) is 5.82 Å². The largest absolute Gasteiger partial charge is 0.243 e. The molecule has 0 bridgehead atoms. The van der Waals surface area contributed by atoms with Crippen LogP contribution >= 0.6 is 0 Å². The number of hydrogen-bond acceptors (Lipinski definition) is 2. The second kappa shape index (κ2) is 5.09. The van der Waals surface area contributed by atoms with Gasteiger partial charge in [-0.3, -0.25) is 0 Å². The van der Waals surface area contributed by atoms with Crippen LogP contribution in [-0.2, 0) is 10.0 Å². The standard InChI is InChI=1S/C13H14FNO2S/c1-2-11-6-8-15(9-7-11)18(16,17)13-5-3-4-12(14)10-13/h1,3-5,10-11H,6-9H2. The molecule has 0 N–H and O–H groups in total. The molecule has 0 atom stereocenters. The molecule has 2 rings (SSSR count). The molecule has 1 aromatic carbocycles. The van der Waals surface area contributed by atoms with E-state index in [9.17, 15) is 12.8 Å². The number of nitrogens with zero attached hydrogens (tertiary/aromatic N) is 1. The zero-order chi connectivity index (χ0) is 13.2. The highest BCUT2D eigenvalue weighted by Crippen LogP contribution is 2.23. The monoisotopic (exact) mass is 267 g/mol. The van der Waals surface area contributed by atoms with Gasteiger partial charge in [-0.15, -0.1) is 12.3 Å². The van der Waals surface area contributed by atoms with Crippen LogP contribution in [0.1, 0.15) is 12.8 Å². The molecule has 1 aromatic rings. The van der Waals surface area contributed by atoms with E-state index in [0.29, 0.717) is 25.9 Å². The zero-order valence-corrected chi connectivity index (χ0v) is 10.7. The number of hydrogen-bond donors (Lipinski definition) is 0. The van der Waals surface area contributed by atoms with E-state index in [2.05, 4.69) is 5.92 Å². The molecule has 0 spiro atoms. The summed E-state index contributed by atoms with van der Waals surface area (Å²) in [6.07, 6.45) is 6.64. The summed E-state index contributed by atoms with van der Waals surface area (Å²) in [6, 6.07) is 5.08. The summed E-state index contributed by atoms with van der Waals surface area (Å²) in [4.78, 5) is 0.00153. The van der Waals surface area contributed by atoms with Crippen molar-refractivity contribution in [1.29, 1.82) is 0 Å². The van der Waals surface area contributed by atoms with E-state index in [-0.39, 0.29) is 10.8 Å². The fraction of sp³-hybridized carbons (Fsp3) is 0.385. The number of terminal acetylenes is 1. The molecule has 1 fully saturated rings. The van der Waals surface area contributed by atoms with Gasteiger partial charge in [0.2, 0.25) is 10.0 Å². The summed E-state index contributed by atoms with van der Waals surface area (Å²) in [5.74, 6) is 2.24. The fourth-order valence-corrected chi connectivity index (χ4v) is 3.54. The molecule has 0 aromatic heterocycles. The third-order valence-electron chi connectivity index (χ3n) is 3.12. The first-order valence-corrected chi connectivity index (χ1v) is 7.20. The maximum absolute atomic E-state index is 13.1. The molecule has 5 heteroatoms. The Balaban J connectivity index is 2.20. The first-order chi connectivity index (χ1) is 8.54. The lowest BCUT2D eigenvalue weighted by atomic mass is 10.00. The molecule has 3 nitrogen and oxygen atoms in total. The van der Waals surface area contributed by atoms with Crippen LogP contribution in [0.15, 0.2) is 29.2 Å². The quantitative estimate of drug-likeness (QED) is 0.767. The van der Waals surface area contributed by atoms with E-state index in [4.69, 9.17) is 6.42 Å². The third kappa shape index (κ3) is 2.55. The Labute approximate surface area is 107 Å². The summed E-state index contributed by atoms with van der Waals surface area (Å²) < 4.78 is 38.9. The number of rotatable bonds is 2. The fourth-order valence-electron chi connectivity index (χ4n) is 2.04. The van der Waals surface area contributed by atoms with E-state index in [1.165, 1.54) is 22.5 Å². The zero-order valence-electron chi connectivity index (χ0n) is 9.84. The van der Waals surface area contributed by atoms with Crippen molar-refractivity contribution < 1.29 is 12.8 Å². The highest BCUT2D eigenvalue weighted by atomic mass is 32.2. The Hall–Kier alpha value is -1.38. The highest BCUT2D eigenvalue weighted by Gasteiger charge is 2.28. The summed E-state index contributed by atoms with van der Waals surface area (Å²) in [5.41, 5.74) is 0. The Bertz CT molecular complexity index is 569. The van der Waals surface area contributed by atoms with Crippen molar-refractivity contribution in [3.8, 4) is 12.3 Å². The van der Waals surface area contributed by atoms with Gasteiger partial charge in [0.15, 0.2) is 0 Å². The Morgan fingerprint density at radius 1 is 1.33 bits per heavy atom. The first-order valence-electron chi connectivity index (χ1n) is 5.76. The molecule has 1 saturated heterocycles. The summed E-state index contributed by atoms with van der Waals surface area (Å²) in [6.45, 7) is 0.793. The predicted molar refractivity (Wildman–Crippen MR) is 66.7 cm³/mol. The van der Waals surface area contributed by atoms with Crippen molar-refractivity contribution >= 4 is 10.0 Å². The van der Waals surface area contributed by atoms with Gasteiger partial charge >= 0.3 is 0 Å². The van der Waals surface area contributed by atoms with E-state index in [0.717, 1.165) is 6.07 Å². The lowest BCUT2D eigenvalue weighted by Gasteiger charge is -2.28. The van der Waals surface area contributed by atoms with Gasteiger partial charge < -0.3 is 0 Å². The van der Waals surface area contributed by atoms with Crippen LogP contribution in [0.25, 0.3) is 0 Å². The third-order valence-corrected chi connectivity index (χ3v) is 5.02. The van der Waals surface area contributed by atoms with Crippen molar-refractivity contribution in [3.05, 3.63) is 30.1 Å². The average molecular weight is 267 g/mol. The number of benzene rings is 1. The van der Waals surface area contributed by atoms with E-state index in [1.807, 2.05) is 0 Å². The van der Waals surface area contributed by atoms with Gasteiger partial charge in [0.25, 0.3) is 0 Å². The molecule has 0 amide bonds. The Kier molecular flexibility index (Phi) is 3.69. The van der Waals surface area contributed by atoms with Crippen molar-refractivity contribution in [3.63, 3.8) is 0 Å². The lowest BCUT2D eigenvalue weighted by Crippen LogP contribution is -2.38.